The first-order chi connectivity index (χ1) is 5.86. The second-order valence-electron chi connectivity index (χ2n) is 2.44. The van der Waals surface area contributed by atoms with Gasteiger partial charge >= 0.3 is 0 Å². The molecular weight excluding hydrogens is 295 g/mol. The van der Waals surface area contributed by atoms with Gasteiger partial charge in [-0.3, -0.25) is 0 Å². The summed E-state index contributed by atoms with van der Waals surface area (Å²) in [5, 5.41) is 8.71. The Hall–Kier alpha value is 0.920. The summed E-state index contributed by atoms with van der Waals surface area (Å²) >= 11 is 2.05. The zero-order valence-electron chi connectivity index (χ0n) is 6.44. The quantitative estimate of drug-likeness (QED) is 0.614. The van der Waals surface area contributed by atoms with E-state index in [1.807, 2.05) is 0 Å². The van der Waals surface area contributed by atoms with Crippen molar-refractivity contribution in [1.29, 1.82) is 0 Å². The van der Waals surface area contributed by atoms with Gasteiger partial charge in [-0.25, -0.2) is 0 Å². The Morgan fingerprint density at radius 2 is 2.08 bits per heavy atom. The molecule has 2 atom stereocenters. The van der Waals surface area contributed by atoms with E-state index in [2.05, 4.69) is 21.2 Å². The molecule has 1 rings (SSSR count). The maximum Gasteiger partial charge on any atom is 0.106 e. The summed E-state index contributed by atoms with van der Waals surface area (Å²) in [5.74, 6) is 0. The van der Waals surface area contributed by atoms with E-state index in [-0.39, 0.29) is 18.8 Å². The summed E-state index contributed by atoms with van der Waals surface area (Å²) in [6, 6.07) is 0. The summed E-state index contributed by atoms with van der Waals surface area (Å²) in [5.41, 5.74) is 0. The number of halogens is 1. The van der Waals surface area contributed by atoms with Crippen LogP contribution >= 0.6 is 30.4 Å². The fraction of sp³-hybridized carbons (Fsp3) is 1.00. The molecule has 6 heteroatoms. The predicted octanol–water partition coefficient (Wildman–Crippen LogP) is 0.777. The number of ether oxygens (including phenoxy) is 2. The third-order valence-electron chi connectivity index (χ3n) is 1.54. The molecule has 0 aliphatic carbocycles. The smallest absolute Gasteiger partial charge is 0.106 e. The summed E-state index contributed by atoms with van der Waals surface area (Å²) in [6.45, 7) is 1.51. The van der Waals surface area contributed by atoms with Gasteiger partial charge in [0.1, 0.15) is 12.2 Å². The Balaban J connectivity index is 2.09. The van der Waals surface area contributed by atoms with Gasteiger partial charge < -0.3 is 18.8 Å². The fourth-order valence-electron chi connectivity index (χ4n) is 0.886. The Bertz CT molecular complexity index is 118. The molecule has 0 radical (unpaired) electrons. The van der Waals surface area contributed by atoms with Crippen molar-refractivity contribution in [2.75, 3.05) is 26.4 Å². The van der Waals surface area contributed by atoms with E-state index in [4.69, 9.17) is 18.8 Å². The Morgan fingerprint density at radius 1 is 1.42 bits per heavy atom. The molecule has 0 aromatic carbocycles. The van der Waals surface area contributed by atoms with Crippen molar-refractivity contribution in [2.45, 2.75) is 12.2 Å². The molecule has 12 heavy (non-hydrogen) atoms. The minimum absolute atomic E-state index is 0.00932. The number of rotatable bonds is 4. The lowest BCUT2D eigenvalue weighted by molar-refractivity contribution is -0.151. The van der Waals surface area contributed by atoms with E-state index in [1.165, 1.54) is 9.21 Å². The molecule has 0 bridgehead atoms. The molecule has 1 aliphatic heterocycles. The highest BCUT2D eigenvalue weighted by Crippen LogP contribution is 2.15. The van der Waals surface area contributed by atoms with Gasteiger partial charge in [0, 0.05) is 21.2 Å². The maximum absolute atomic E-state index is 8.71. The molecule has 4 nitrogen and oxygen atoms in total. The van der Waals surface area contributed by atoms with Crippen LogP contribution in [0.4, 0.5) is 0 Å². The van der Waals surface area contributed by atoms with Gasteiger partial charge in [0.2, 0.25) is 0 Å². The van der Waals surface area contributed by atoms with E-state index in [0.717, 1.165) is 0 Å². The highest BCUT2D eigenvalue weighted by Gasteiger charge is 2.21. The first-order valence-electron chi connectivity index (χ1n) is 3.61. The van der Waals surface area contributed by atoms with Gasteiger partial charge in [0.25, 0.3) is 0 Å². The van der Waals surface area contributed by atoms with Gasteiger partial charge in [-0.05, 0) is 0 Å². The summed E-state index contributed by atoms with van der Waals surface area (Å²) in [6.07, 6.45) is -0.149. The lowest BCUT2D eigenvalue weighted by atomic mass is 10.3. The molecule has 1 saturated heterocycles. The van der Waals surface area contributed by atoms with Crippen molar-refractivity contribution in [3.8, 4) is 0 Å². The third kappa shape index (κ3) is 3.75. The zero-order chi connectivity index (χ0) is 8.81. The van der Waals surface area contributed by atoms with Crippen LogP contribution in [-0.2, 0) is 13.7 Å². The Morgan fingerprint density at radius 3 is 2.58 bits per heavy atom. The van der Waals surface area contributed by atoms with Crippen molar-refractivity contribution in [1.82, 2.24) is 0 Å². The molecule has 0 saturated carbocycles. The summed E-state index contributed by atoms with van der Waals surface area (Å²) < 4.78 is 15.7. The van der Waals surface area contributed by atoms with Crippen LogP contribution in [0.2, 0.25) is 0 Å². The zero-order valence-corrected chi connectivity index (χ0v) is 9.42. The maximum atomic E-state index is 8.71. The predicted molar refractivity (Wildman–Crippen MR) is 54.1 cm³/mol. The summed E-state index contributed by atoms with van der Waals surface area (Å²) in [4.78, 5) is 0. The average Bonchev–Trinajstić information content (AvgIpc) is 2.15. The van der Waals surface area contributed by atoms with E-state index in [0.29, 0.717) is 19.8 Å². The minimum Gasteiger partial charge on any atom is -0.394 e. The first kappa shape index (κ1) is 11.0. The van der Waals surface area contributed by atoms with Crippen LogP contribution in [0.15, 0.2) is 0 Å². The Labute approximate surface area is 87.7 Å². The number of hydrogen-bond acceptors (Lipinski definition) is 5. The van der Waals surface area contributed by atoms with Crippen molar-refractivity contribution in [3.63, 3.8) is 0 Å². The van der Waals surface area contributed by atoms with Crippen LogP contribution in [0.25, 0.3) is 0 Å². The SMILES string of the molecule is OCC1COC(COSI)CO1. The monoisotopic (exact) mass is 306 g/mol. The van der Waals surface area contributed by atoms with E-state index in [1.54, 1.807) is 0 Å². The second kappa shape index (κ2) is 6.39. The highest BCUT2D eigenvalue weighted by atomic mass is 127. The lowest BCUT2D eigenvalue weighted by Crippen LogP contribution is -2.39. The van der Waals surface area contributed by atoms with E-state index in [9.17, 15) is 0 Å². The van der Waals surface area contributed by atoms with Gasteiger partial charge in [0.15, 0.2) is 0 Å². The fourth-order valence-corrected chi connectivity index (χ4v) is 1.53. The third-order valence-corrected chi connectivity index (χ3v) is 2.53. The minimum atomic E-state index is -0.159. The van der Waals surface area contributed by atoms with Gasteiger partial charge in [-0.1, -0.05) is 0 Å². The molecule has 1 aliphatic rings. The average molecular weight is 306 g/mol. The van der Waals surface area contributed by atoms with Crippen molar-refractivity contribution < 1.29 is 18.8 Å². The molecule has 1 N–H and O–H groups in total. The van der Waals surface area contributed by atoms with Crippen molar-refractivity contribution in [2.24, 2.45) is 0 Å². The normalized spacial score (nSPS) is 30.5. The van der Waals surface area contributed by atoms with Crippen LogP contribution in [0.3, 0.4) is 0 Å². The highest BCUT2D eigenvalue weighted by molar-refractivity contribution is 14.2. The molecule has 0 aromatic rings. The van der Waals surface area contributed by atoms with Crippen LogP contribution in [-0.4, -0.2) is 43.7 Å². The second-order valence-corrected chi connectivity index (χ2v) is 3.88. The molecular formula is C6H11IO4S. The molecule has 0 aromatic heterocycles. The van der Waals surface area contributed by atoms with E-state index >= 15 is 0 Å². The van der Waals surface area contributed by atoms with E-state index < -0.39 is 0 Å². The van der Waals surface area contributed by atoms with Gasteiger partial charge in [0.05, 0.1) is 35.6 Å². The molecule has 1 heterocycles. The first-order valence-corrected chi connectivity index (χ1v) is 6.89. The molecule has 1 fully saturated rings. The van der Waals surface area contributed by atoms with Crippen molar-refractivity contribution in [3.05, 3.63) is 0 Å². The Kier molecular flexibility index (Phi) is 5.85. The molecule has 0 amide bonds. The van der Waals surface area contributed by atoms with Crippen LogP contribution in [0.5, 0.6) is 0 Å². The number of aliphatic hydroxyl groups excluding tert-OH is 1. The number of aliphatic hydroxyl groups is 1. The lowest BCUT2D eigenvalue weighted by Gasteiger charge is -2.27. The number of hydrogen-bond donors (Lipinski definition) is 1. The van der Waals surface area contributed by atoms with Crippen LogP contribution in [0.1, 0.15) is 0 Å². The standard InChI is InChI=1S/C6H11IO4S/c7-12-11-4-6-3-9-5(1-8)2-10-6/h5-6,8H,1-4H2. The molecule has 0 spiro atoms. The topological polar surface area (TPSA) is 47.9 Å². The van der Waals surface area contributed by atoms with Crippen molar-refractivity contribution >= 4 is 30.4 Å². The van der Waals surface area contributed by atoms with Gasteiger partial charge in [-0.2, -0.15) is 0 Å². The van der Waals surface area contributed by atoms with Gasteiger partial charge in [-0.15, -0.1) is 0 Å². The van der Waals surface area contributed by atoms with Crippen LogP contribution < -0.4 is 0 Å². The summed E-state index contributed by atoms with van der Waals surface area (Å²) in [7, 11) is 1.29. The van der Waals surface area contributed by atoms with Crippen LogP contribution in [0, 0.1) is 0 Å². The molecule has 2 unspecified atom stereocenters. The largest absolute Gasteiger partial charge is 0.394 e. The molecule has 72 valence electrons.